The third kappa shape index (κ3) is 5.85. The van der Waals surface area contributed by atoms with Crippen molar-refractivity contribution in [2.24, 2.45) is 0 Å². The fourth-order valence-corrected chi connectivity index (χ4v) is 3.60. The van der Waals surface area contributed by atoms with Gasteiger partial charge in [-0.25, -0.2) is 0 Å². The quantitative estimate of drug-likeness (QED) is 0.570. The molecule has 0 aliphatic heterocycles. The Bertz CT molecular complexity index is 516. The van der Waals surface area contributed by atoms with Gasteiger partial charge in [0.05, 0.1) is 5.75 Å². The Hall–Kier alpha value is -1.27. The van der Waals surface area contributed by atoms with Crippen LogP contribution in [0.1, 0.15) is 36.8 Å². The molecule has 4 nitrogen and oxygen atoms in total. The summed E-state index contributed by atoms with van der Waals surface area (Å²) in [5.41, 5.74) is 7.95. The zero-order valence-corrected chi connectivity index (χ0v) is 14.5. The highest BCUT2D eigenvalue weighted by molar-refractivity contribution is 7.99. The van der Waals surface area contributed by atoms with Crippen molar-refractivity contribution in [1.29, 1.82) is 0 Å². The molecule has 1 saturated carbocycles. The lowest BCUT2D eigenvalue weighted by Gasteiger charge is -2.16. The predicted molar refractivity (Wildman–Crippen MR) is 96.6 cm³/mol. The number of carbonyl (C=O) groups is 1. The topological polar surface area (TPSA) is 53.2 Å². The van der Waals surface area contributed by atoms with Gasteiger partial charge in [0.2, 0.25) is 5.91 Å². The molecule has 0 atom stereocenters. The van der Waals surface area contributed by atoms with Gasteiger partial charge < -0.3 is 5.32 Å². The Balaban J connectivity index is 1.59. The second kappa shape index (κ2) is 9.00. The number of hydrogen-bond donors (Lipinski definition) is 3. The SMILES string of the molecule is Cc1ccccc1CSCC(=O)NNC(=S)NC1CCCC1. The van der Waals surface area contributed by atoms with Crippen LogP contribution in [0.5, 0.6) is 0 Å². The highest BCUT2D eigenvalue weighted by atomic mass is 32.2. The molecule has 0 heterocycles. The van der Waals surface area contributed by atoms with Crippen molar-refractivity contribution in [3.8, 4) is 0 Å². The van der Waals surface area contributed by atoms with Crippen LogP contribution in [0.25, 0.3) is 0 Å². The first kappa shape index (κ1) is 17.1. The average Bonchev–Trinajstić information content (AvgIpc) is 3.00. The van der Waals surface area contributed by atoms with Crippen LogP contribution in [0.4, 0.5) is 0 Å². The van der Waals surface area contributed by atoms with Gasteiger partial charge in [-0.15, -0.1) is 11.8 Å². The molecule has 120 valence electrons. The summed E-state index contributed by atoms with van der Waals surface area (Å²) in [6.45, 7) is 2.09. The standard InChI is InChI=1S/C16H23N3OS2/c1-12-6-2-3-7-13(12)10-22-11-15(20)18-19-16(21)17-14-8-4-5-9-14/h2-3,6-7,14H,4-5,8-11H2,1H3,(H,18,20)(H2,17,19,21). The largest absolute Gasteiger partial charge is 0.359 e. The normalized spacial score (nSPS) is 14.6. The van der Waals surface area contributed by atoms with Crippen molar-refractivity contribution >= 4 is 35.0 Å². The lowest BCUT2D eigenvalue weighted by atomic mass is 10.1. The average molecular weight is 338 g/mol. The maximum Gasteiger partial charge on any atom is 0.248 e. The van der Waals surface area contributed by atoms with E-state index in [1.165, 1.54) is 24.0 Å². The summed E-state index contributed by atoms with van der Waals surface area (Å²) in [4.78, 5) is 11.8. The van der Waals surface area contributed by atoms with Gasteiger partial charge in [0, 0.05) is 11.8 Å². The number of thiocarbonyl (C=S) groups is 1. The minimum Gasteiger partial charge on any atom is -0.359 e. The van der Waals surface area contributed by atoms with Gasteiger partial charge in [-0.2, -0.15) is 0 Å². The van der Waals surface area contributed by atoms with Gasteiger partial charge in [0.15, 0.2) is 5.11 Å². The minimum atomic E-state index is -0.0610. The molecule has 0 radical (unpaired) electrons. The van der Waals surface area contributed by atoms with Gasteiger partial charge in [0.25, 0.3) is 0 Å². The number of nitrogens with one attached hydrogen (secondary N) is 3. The van der Waals surface area contributed by atoms with Crippen molar-refractivity contribution in [3.63, 3.8) is 0 Å². The van der Waals surface area contributed by atoms with E-state index in [1.807, 2.05) is 12.1 Å². The van der Waals surface area contributed by atoms with Crippen LogP contribution in [0.3, 0.4) is 0 Å². The van der Waals surface area contributed by atoms with Crippen LogP contribution < -0.4 is 16.2 Å². The molecule has 1 aliphatic carbocycles. The molecule has 1 aromatic carbocycles. The first-order chi connectivity index (χ1) is 10.6. The summed E-state index contributed by atoms with van der Waals surface area (Å²) in [5.74, 6) is 1.19. The van der Waals surface area contributed by atoms with Crippen molar-refractivity contribution < 1.29 is 4.79 Å². The lowest BCUT2D eigenvalue weighted by Crippen LogP contribution is -2.49. The van der Waals surface area contributed by atoms with Crippen LogP contribution in [-0.4, -0.2) is 22.8 Å². The molecule has 1 aromatic rings. The van der Waals surface area contributed by atoms with E-state index in [4.69, 9.17) is 12.2 Å². The minimum absolute atomic E-state index is 0.0610. The van der Waals surface area contributed by atoms with Crippen LogP contribution in [-0.2, 0) is 10.5 Å². The number of hydrogen-bond acceptors (Lipinski definition) is 3. The highest BCUT2D eigenvalue weighted by Gasteiger charge is 2.15. The molecule has 0 unspecified atom stereocenters. The molecule has 1 aliphatic rings. The zero-order valence-electron chi connectivity index (χ0n) is 12.9. The number of thioether (sulfide) groups is 1. The zero-order chi connectivity index (χ0) is 15.8. The molecule has 2 rings (SSSR count). The van der Waals surface area contributed by atoms with E-state index in [-0.39, 0.29) is 5.91 Å². The Morgan fingerprint density at radius 2 is 2.00 bits per heavy atom. The molecule has 1 fully saturated rings. The molecule has 1 amide bonds. The summed E-state index contributed by atoms with van der Waals surface area (Å²) in [6, 6.07) is 8.69. The Kier molecular flexibility index (Phi) is 6.99. The first-order valence-electron chi connectivity index (χ1n) is 7.63. The number of carbonyl (C=O) groups excluding carboxylic acids is 1. The van der Waals surface area contributed by atoms with Crippen LogP contribution in [0, 0.1) is 6.92 Å². The van der Waals surface area contributed by atoms with Crippen molar-refractivity contribution in [2.75, 3.05) is 5.75 Å². The molecule has 0 saturated heterocycles. The van der Waals surface area contributed by atoms with Crippen LogP contribution in [0.15, 0.2) is 24.3 Å². The van der Waals surface area contributed by atoms with Crippen LogP contribution >= 0.6 is 24.0 Å². The van der Waals surface area contributed by atoms with E-state index in [0.717, 1.165) is 18.6 Å². The summed E-state index contributed by atoms with van der Waals surface area (Å²) in [6.07, 6.45) is 4.81. The first-order valence-corrected chi connectivity index (χ1v) is 9.19. The Morgan fingerprint density at radius 3 is 2.73 bits per heavy atom. The van der Waals surface area contributed by atoms with E-state index in [9.17, 15) is 4.79 Å². The predicted octanol–water partition coefficient (Wildman–Crippen LogP) is 2.67. The van der Waals surface area contributed by atoms with Gasteiger partial charge in [-0.05, 0) is 43.1 Å². The number of benzene rings is 1. The summed E-state index contributed by atoms with van der Waals surface area (Å²) >= 11 is 6.77. The fraction of sp³-hybridized carbons (Fsp3) is 0.500. The van der Waals surface area contributed by atoms with Gasteiger partial charge in [-0.1, -0.05) is 37.1 Å². The number of amides is 1. The molecule has 0 spiro atoms. The molecule has 0 bridgehead atoms. The number of rotatable bonds is 5. The monoisotopic (exact) mass is 337 g/mol. The molecule has 22 heavy (non-hydrogen) atoms. The maximum absolute atomic E-state index is 11.8. The molecular weight excluding hydrogens is 314 g/mol. The van der Waals surface area contributed by atoms with Crippen LogP contribution in [0.2, 0.25) is 0 Å². The number of hydrazine groups is 1. The summed E-state index contributed by atoms with van der Waals surface area (Å²) in [7, 11) is 0. The third-order valence-corrected chi connectivity index (χ3v) is 4.96. The molecule has 0 aromatic heterocycles. The Morgan fingerprint density at radius 1 is 1.27 bits per heavy atom. The second-order valence-electron chi connectivity index (χ2n) is 5.55. The van der Waals surface area contributed by atoms with Gasteiger partial charge in [-0.3, -0.25) is 15.6 Å². The second-order valence-corrected chi connectivity index (χ2v) is 6.94. The Labute approximate surface area is 141 Å². The van der Waals surface area contributed by atoms with Gasteiger partial charge in [0.1, 0.15) is 0 Å². The van der Waals surface area contributed by atoms with Crippen molar-refractivity contribution in [3.05, 3.63) is 35.4 Å². The van der Waals surface area contributed by atoms with E-state index >= 15 is 0 Å². The third-order valence-electron chi connectivity index (χ3n) is 3.76. The maximum atomic E-state index is 11.8. The summed E-state index contributed by atoms with van der Waals surface area (Å²) < 4.78 is 0. The summed E-state index contributed by atoms with van der Waals surface area (Å²) in [5, 5.41) is 3.73. The van der Waals surface area contributed by atoms with Crippen molar-refractivity contribution in [2.45, 2.75) is 44.4 Å². The highest BCUT2D eigenvalue weighted by Crippen LogP contribution is 2.17. The number of aryl methyl sites for hydroxylation is 1. The van der Waals surface area contributed by atoms with Crippen molar-refractivity contribution in [1.82, 2.24) is 16.2 Å². The fourth-order valence-electron chi connectivity index (χ4n) is 2.48. The van der Waals surface area contributed by atoms with E-state index in [0.29, 0.717) is 16.9 Å². The smallest absolute Gasteiger partial charge is 0.248 e. The lowest BCUT2D eigenvalue weighted by molar-refractivity contribution is -0.119. The molecule has 6 heteroatoms. The molecular formula is C16H23N3OS2. The van der Waals surface area contributed by atoms with E-state index < -0.39 is 0 Å². The van der Waals surface area contributed by atoms with E-state index in [1.54, 1.807) is 11.8 Å². The molecule has 3 N–H and O–H groups in total. The van der Waals surface area contributed by atoms with E-state index in [2.05, 4.69) is 35.2 Å². The van der Waals surface area contributed by atoms with Gasteiger partial charge >= 0.3 is 0 Å².